The molecule has 0 atom stereocenters. The van der Waals surface area contributed by atoms with Crippen LogP contribution in [-0.4, -0.2) is 29.8 Å². The first-order valence-corrected chi connectivity index (χ1v) is 8.69. The summed E-state index contributed by atoms with van der Waals surface area (Å²) in [7, 11) is 0. The Morgan fingerprint density at radius 1 is 1.29 bits per heavy atom. The Hall–Kier alpha value is -1.66. The van der Waals surface area contributed by atoms with Crippen LogP contribution in [0, 0.1) is 0 Å². The Morgan fingerprint density at radius 3 is 3.00 bits per heavy atom. The second-order valence-electron chi connectivity index (χ2n) is 4.95. The minimum atomic E-state index is -0.109. The first-order chi connectivity index (χ1) is 10.2. The third-order valence-corrected chi connectivity index (χ3v) is 5.27. The lowest BCUT2D eigenvalue weighted by Crippen LogP contribution is -2.37. The van der Waals surface area contributed by atoms with Crippen molar-refractivity contribution in [1.82, 2.24) is 10.2 Å². The van der Waals surface area contributed by atoms with Gasteiger partial charge in [0.15, 0.2) is 0 Å². The van der Waals surface area contributed by atoms with Crippen molar-refractivity contribution in [2.24, 2.45) is 0 Å². The van der Waals surface area contributed by atoms with Crippen LogP contribution in [0.25, 0.3) is 0 Å². The molecule has 2 amide bonds. The van der Waals surface area contributed by atoms with E-state index in [1.54, 1.807) is 22.8 Å². The van der Waals surface area contributed by atoms with E-state index in [1.165, 1.54) is 21.8 Å². The minimum Gasteiger partial charge on any atom is -0.351 e. The molecular formula is C15H16N2O2S2. The predicted octanol–water partition coefficient (Wildman–Crippen LogP) is 2.51. The number of carbonyl (C=O) groups excluding carboxylic acids is 2. The van der Waals surface area contributed by atoms with Crippen molar-refractivity contribution in [3.63, 3.8) is 0 Å². The van der Waals surface area contributed by atoms with Gasteiger partial charge >= 0.3 is 0 Å². The molecule has 0 saturated carbocycles. The maximum Gasteiger partial charge on any atom is 0.252 e. The van der Waals surface area contributed by atoms with Gasteiger partial charge in [0.1, 0.15) is 0 Å². The molecule has 0 unspecified atom stereocenters. The van der Waals surface area contributed by atoms with Crippen molar-refractivity contribution < 1.29 is 9.59 Å². The zero-order chi connectivity index (χ0) is 14.7. The number of fused-ring (bicyclic) bond motifs is 1. The summed E-state index contributed by atoms with van der Waals surface area (Å²) in [5.74, 6) is 0.000263. The van der Waals surface area contributed by atoms with E-state index < -0.39 is 0 Å². The standard InChI is InChI=1S/C15H16N2O2S2/c18-14(1-5-16-15(19)12-3-7-20-10-12)17-6-2-13-11(9-17)4-8-21-13/h3-4,7-8,10H,1-2,5-6,9H2,(H,16,19). The number of thiophene rings is 2. The molecule has 2 aromatic rings. The van der Waals surface area contributed by atoms with Crippen LogP contribution in [0.4, 0.5) is 0 Å². The van der Waals surface area contributed by atoms with E-state index in [1.807, 2.05) is 10.3 Å². The summed E-state index contributed by atoms with van der Waals surface area (Å²) in [5, 5.41) is 8.55. The summed E-state index contributed by atoms with van der Waals surface area (Å²) in [5.41, 5.74) is 1.93. The molecule has 0 aliphatic carbocycles. The first-order valence-electron chi connectivity index (χ1n) is 6.87. The molecule has 3 heterocycles. The Balaban J connectivity index is 1.46. The van der Waals surface area contributed by atoms with E-state index >= 15 is 0 Å². The van der Waals surface area contributed by atoms with Crippen LogP contribution in [0.1, 0.15) is 27.2 Å². The van der Waals surface area contributed by atoms with Gasteiger partial charge < -0.3 is 10.2 Å². The van der Waals surface area contributed by atoms with Gasteiger partial charge in [-0.15, -0.1) is 11.3 Å². The summed E-state index contributed by atoms with van der Waals surface area (Å²) in [6.07, 6.45) is 1.30. The second-order valence-corrected chi connectivity index (χ2v) is 6.73. The highest BCUT2D eigenvalue weighted by molar-refractivity contribution is 7.10. The Labute approximate surface area is 131 Å². The van der Waals surface area contributed by atoms with Gasteiger partial charge in [0.05, 0.1) is 0 Å². The molecule has 0 saturated heterocycles. The molecule has 4 nitrogen and oxygen atoms in total. The van der Waals surface area contributed by atoms with Crippen LogP contribution >= 0.6 is 22.7 Å². The molecule has 1 aliphatic heterocycles. The van der Waals surface area contributed by atoms with E-state index in [4.69, 9.17) is 0 Å². The number of nitrogens with zero attached hydrogens (tertiary/aromatic N) is 1. The van der Waals surface area contributed by atoms with Gasteiger partial charge in [0.25, 0.3) is 5.91 Å². The maximum absolute atomic E-state index is 12.2. The van der Waals surface area contributed by atoms with E-state index in [9.17, 15) is 9.59 Å². The lowest BCUT2D eigenvalue weighted by Gasteiger charge is -2.27. The van der Waals surface area contributed by atoms with Gasteiger partial charge in [-0.3, -0.25) is 9.59 Å². The van der Waals surface area contributed by atoms with Crippen LogP contribution in [0.3, 0.4) is 0 Å². The van der Waals surface area contributed by atoms with E-state index in [2.05, 4.69) is 16.8 Å². The highest BCUT2D eigenvalue weighted by atomic mass is 32.1. The fourth-order valence-electron chi connectivity index (χ4n) is 2.40. The fraction of sp³-hybridized carbons (Fsp3) is 0.333. The lowest BCUT2D eigenvalue weighted by atomic mass is 10.1. The Morgan fingerprint density at radius 2 is 2.19 bits per heavy atom. The van der Waals surface area contributed by atoms with Crippen LogP contribution < -0.4 is 5.32 Å². The topological polar surface area (TPSA) is 49.4 Å². The Kier molecular flexibility index (Phi) is 4.36. The molecule has 21 heavy (non-hydrogen) atoms. The van der Waals surface area contributed by atoms with Gasteiger partial charge in [0.2, 0.25) is 5.91 Å². The van der Waals surface area contributed by atoms with Gasteiger partial charge in [-0.05, 0) is 34.9 Å². The molecule has 3 rings (SSSR count). The predicted molar refractivity (Wildman–Crippen MR) is 84.7 cm³/mol. The number of carbonyl (C=O) groups is 2. The third kappa shape index (κ3) is 3.33. The summed E-state index contributed by atoms with van der Waals surface area (Å²) in [6.45, 7) is 1.88. The smallest absolute Gasteiger partial charge is 0.252 e. The molecule has 6 heteroatoms. The molecule has 110 valence electrons. The zero-order valence-electron chi connectivity index (χ0n) is 11.5. The number of nitrogens with one attached hydrogen (secondary N) is 1. The Bertz CT molecular complexity index is 634. The molecular weight excluding hydrogens is 304 g/mol. The number of rotatable bonds is 4. The monoisotopic (exact) mass is 320 g/mol. The molecule has 0 spiro atoms. The molecule has 0 bridgehead atoms. The van der Waals surface area contributed by atoms with Gasteiger partial charge in [0, 0.05) is 41.9 Å². The average Bonchev–Trinajstić information content (AvgIpc) is 3.17. The SMILES string of the molecule is O=C(NCCC(=O)N1CCc2sccc2C1)c1ccsc1. The zero-order valence-corrected chi connectivity index (χ0v) is 13.1. The first kappa shape index (κ1) is 14.3. The van der Waals surface area contributed by atoms with Crippen molar-refractivity contribution in [2.45, 2.75) is 19.4 Å². The maximum atomic E-state index is 12.2. The summed E-state index contributed by atoms with van der Waals surface area (Å²) < 4.78 is 0. The van der Waals surface area contributed by atoms with E-state index in [0.717, 1.165) is 13.0 Å². The molecule has 2 aromatic heterocycles. The van der Waals surface area contributed by atoms with Crippen molar-refractivity contribution in [3.05, 3.63) is 44.3 Å². The van der Waals surface area contributed by atoms with Crippen molar-refractivity contribution in [2.75, 3.05) is 13.1 Å². The minimum absolute atomic E-state index is 0.109. The summed E-state index contributed by atoms with van der Waals surface area (Å²) >= 11 is 3.26. The van der Waals surface area contributed by atoms with Gasteiger partial charge in [-0.1, -0.05) is 0 Å². The van der Waals surface area contributed by atoms with Crippen LogP contribution in [0.15, 0.2) is 28.3 Å². The van der Waals surface area contributed by atoms with Crippen molar-refractivity contribution in [1.29, 1.82) is 0 Å². The lowest BCUT2D eigenvalue weighted by molar-refractivity contribution is -0.131. The molecule has 0 radical (unpaired) electrons. The van der Waals surface area contributed by atoms with E-state index in [-0.39, 0.29) is 11.8 Å². The van der Waals surface area contributed by atoms with Crippen LogP contribution in [-0.2, 0) is 17.8 Å². The normalized spacial score (nSPS) is 13.8. The van der Waals surface area contributed by atoms with Gasteiger partial charge in [-0.2, -0.15) is 11.3 Å². The number of hydrogen-bond donors (Lipinski definition) is 1. The highest BCUT2D eigenvalue weighted by Gasteiger charge is 2.21. The quantitative estimate of drug-likeness (QED) is 0.941. The van der Waals surface area contributed by atoms with Crippen LogP contribution in [0.2, 0.25) is 0 Å². The van der Waals surface area contributed by atoms with Gasteiger partial charge in [-0.25, -0.2) is 0 Å². The fourth-order valence-corrected chi connectivity index (χ4v) is 3.92. The van der Waals surface area contributed by atoms with Crippen LogP contribution in [0.5, 0.6) is 0 Å². The number of hydrogen-bond acceptors (Lipinski definition) is 4. The van der Waals surface area contributed by atoms with Crippen molar-refractivity contribution in [3.8, 4) is 0 Å². The molecule has 1 N–H and O–H groups in total. The second kappa shape index (κ2) is 6.41. The molecule has 1 aliphatic rings. The highest BCUT2D eigenvalue weighted by Crippen LogP contribution is 2.24. The summed E-state index contributed by atoms with van der Waals surface area (Å²) in [6, 6.07) is 3.88. The molecule has 0 fully saturated rings. The summed E-state index contributed by atoms with van der Waals surface area (Å²) in [4.78, 5) is 27.2. The third-order valence-electron chi connectivity index (χ3n) is 3.57. The molecule has 0 aromatic carbocycles. The largest absolute Gasteiger partial charge is 0.351 e. The number of amides is 2. The average molecular weight is 320 g/mol. The van der Waals surface area contributed by atoms with Crippen molar-refractivity contribution >= 4 is 34.5 Å². The van der Waals surface area contributed by atoms with E-state index in [0.29, 0.717) is 25.1 Å².